The van der Waals surface area contributed by atoms with Crippen LogP contribution in [0.5, 0.6) is 0 Å². The van der Waals surface area contributed by atoms with Crippen LogP contribution in [0.15, 0.2) is 18.2 Å². The molecule has 3 N–H and O–H groups in total. The fraction of sp³-hybridized carbons (Fsp3) is 0.500. The highest BCUT2D eigenvalue weighted by Crippen LogP contribution is 2.09. The molecule has 1 aliphatic rings. The summed E-state index contributed by atoms with van der Waals surface area (Å²) in [7, 11) is 2.13. The number of likely N-dealkylation sites (N-methyl/N-ethyl adjacent to an activating group) is 1. The van der Waals surface area contributed by atoms with Crippen LogP contribution in [-0.2, 0) is 6.54 Å². The fourth-order valence-electron chi connectivity index (χ4n) is 2.00. The van der Waals surface area contributed by atoms with Gasteiger partial charge in [0.25, 0.3) is 0 Å². The Bertz CT molecular complexity index is 415. The summed E-state index contributed by atoms with van der Waals surface area (Å²) in [6.45, 7) is 5.07. The molecule has 1 fully saturated rings. The van der Waals surface area contributed by atoms with Gasteiger partial charge < -0.3 is 10.6 Å². The third kappa shape index (κ3) is 3.68. The van der Waals surface area contributed by atoms with E-state index in [1.165, 1.54) is 0 Å². The van der Waals surface area contributed by atoms with Gasteiger partial charge in [-0.15, -0.1) is 0 Å². The second-order valence-electron chi connectivity index (χ2n) is 4.58. The van der Waals surface area contributed by atoms with E-state index in [1.54, 1.807) is 6.07 Å². The zero-order chi connectivity index (χ0) is 13.0. The number of rotatable bonds is 3. The molecule has 1 saturated heterocycles. The van der Waals surface area contributed by atoms with E-state index in [4.69, 9.17) is 5.73 Å². The van der Waals surface area contributed by atoms with Crippen LogP contribution in [0.2, 0.25) is 0 Å². The van der Waals surface area contributed by atoms with Gasteiger partial charge in [0.2, 0.25) is 0 Å². The quantitative estimate of drug-likeness (QED) is 0.809. The number of carbonyl (C=O) groups is 1. The van der Waals surface area contributed by atoms with Crippen molar-refractivity contribution in [3.8, 4) is 0 Å². The molecule has 2 amide bonds. The van der Waals surface area contributed by atoms with Crippen molar-refractivity contribution in [1.29, 1.82) is 0 Å². The Morgan fingerprint density at radius 3 is 2.78 bits per heavy atom. The number of primary amides is 1. The topological polar surface area (TPSA) is 74.5 Å². The van der Waals surface area contributed by atoms with Gasteiger partial charge in [-0.1, -0.05) is 6.07 Å². The van der Waals surface area contributed by atoms with Gasteiger partial charge in [-0.05, 0) is 19.2 Å². The summed E-state index contributed by atoms with van der Waals surface area (Å²) in [5, 5.41) is 2.49. The summed E-state index contributed by atoms with van der Waals surface area (Å²) in [4.78, 5) is 19.8. The average Bonchev–Trinajstić information content (AvgIpc) is 2.32. The molecule has 6 heteroatoms. The SMILES string of the molecule is CN1CCN(Cc2cccc(NC(N)=O)n2)CC1. The molecular formula is C12H19N5O. The maximum Gasteiger partial charge on any atom is 0.317 e. The molecule has 0 aliphatic carbocycles. The number of piperazine rings is 1. The molecule has 98 valence electrons. The number of aromatic nitrogens is 1. The molecule has 2 heterocycles. The van der Waals surface area contributed by atoms with E-state index in [1.807, 2.05) is 12.1 Å². The number of hydrogen-bond donors (Lipinski definition) is 2. The standard InChI is InChI=1S/C12H19N5O/c1-16-5-7-17(8-6-16)9-10-3-2-4-11(14-10)15-12(13)18/h2-4H,5-9H2,1H3,(H3,13,14,15,18). The highest BCUT2D eigenvalue weighted by Gasteiger charge is 2.14. The maximum absolute atomic E-state index is 10.8. The molecule has 18 heavy (non-hydrogen) atoms. The van der Waals surface area contributed by atoms with Gasteiger partial charge in [0.05, 0.1) is 5.69 Å². The monoisotopic (exact) mass is 249 g/mol. The number of hydrogen-bond acceptors (Lipinski definition) is 4. The number of nitrogens with zero attached hydrogens (tertiary/aromatic N) is 3. The van der Waals surface area contributed by atoms with E-state index < -0.39 is 6.03 Å². The minimum atomic E-state index is -0.584. The van der Waals surface area contributed by atoms with Crippen molar-refractivity contribution in [2.24, 2.45) is 5.73 Å². The number of urea groups is 1. The van der Waals surface area contributed by atoms with Crippen LogP contribution >= 0.6 is 0 Å². The number of amides is 2. The van der Waals surface area contributed by atoms with Crippen LogP contribution in [0.4, 0.5) is 10.6 Å². The number of carbonyl (C=O) groups excluding carboxylic acids is 1. The van der Waals surface area contributed by atoms with E-state index >= 15 is 0 Å². The lowest BCUT2D eigenvalue weighted by Gasteiger charge is -2.32. The molecule has 0 radical (unpaired) electrons. The highest BCUT2D eigenvalue weighted by molar-refractivity contribution is 5.86. The van der Waals surface area contributed by atoms with Crippen molar-refractivity contribution >= 4 is 11.8 Å². The molecule has 2 rings (SSSR count). The van der Waals surface area contributed by atoms with Crippen LogP contribution in [0.1, 0.15) is 5.69 Å². The molecule has 0 aromatic carbocycles. The molecule has 0 atom stereocenters. The van der Waals surface area contributed by atoms with Crippen LogP contribution in [-0.4, -0.2) is 54.0 Å². The van der Waals surface area contributed by atoms with Crippen molar-refractivity contribution in [2.45, 2.75) is 6.54 Å². The summed E-state index contributed by atoms with van der Waals surface area (Å²) in [5.74, 6) is 0.508. The summed E-state index contributed by atoms with van der Waals surface area (Å²) < 4.78 is 0. The smallest absolute Gasteiger partial charge is 0.317 e. The van der Waals surface area contributed by atoms with Gasteiger partial charge in [0.15, 0.2) is 0 Å². The van der Waals surface area contributed by atoms with Crippen molar-refractivity contribution < 1.29 is 4.79 Å². The predicted molar refractivity (Wildman–Crippen MR) is 70.2 cm³/mol. The molecule has 0 saturated carbocycles. The van der Waals surface area contributed by atoms with E-state index in [9.17, 15) is 4.79 Å². The maximum atomic E-state index is 10.8. The summed E-state index contributed by atoms with van der Waals surface area (Å²) >= 11 is 0. The first-order valence-corrected chi connectivity index (χ1v) is 6.07. The summed E-state index contributed by atoms with van der Waals surface area (Å²) in [5.41, 5.74) is 6.02. The molecule has 1 aromatic heterocycles. The lowest BCUT2D eigenvalue weighted by atomic mass is 10.3. The number of nitrogens with two attached hydrogens (primary N) is 1. The lowest BCUT2D eigenvalue weighted by molar-refractivity contribution is 0.147. The fourth-order valence-corrected chi connectivity index (χ4v) is 2.00. The van der Waals surface area contributed by atoms with Gasteiger partial charge in [-0.3, -0.25) is 10.2 Å². The van der Waals surface area contributed by atoms with Crippen LogP contribution in [0.3, 0.4) is 0 Å². The van der Waals surface area contributed by atoms with Gasteiger partial charge in [0, 0.05) is 32.7 Å². The van der Waals surface area contributed by atoms with Gasteiger partial charge in [0.1, 0.15) is 5.82 Å². The van der Waals surface area contributed by atoms with Crippen molar-refractivity contribution in [3.63, 3.8) is 0 Å². The second-order valence-corrected chi connectivity index (χ2v) is 4.58. The Hall–Kier alpha value is -1.66. The molecular weight excluding hydrogens is 230 g/mol. The molecule has 1 aromatic rings. The van der Waals surface area contributed by atoms with Gasteiger partial charge in [-0.25, -0.2) is 9.78 Å². The van der Waals surface area contributed by atoms with Crippen molar-refractivity contribution in [2.75, 3.05) is 38.5 Å². The van der Waals surface area contributed by atoms with Crippen LogP contribution in [0.25, 0.3) is 0 Å². The first-order chi connectivity index (χ1) is 8.63. The lowest BCUT2D eigenvalue weighted by Crippen LogP contribution is -2.44. The second kappa shape index (κ2) is 5.79. The zero-order valence-electron chi connectivity index (χ0n) is 10.6. The molecule has 1 aliphatic heterocycles. The van der Waals surface area contributed by atoms with Gasteiger partial charge >= 0.3 is 6.03 Å². The Kier molecular flexibility index (Phi) is 4.11. The summed E-state index contributed by atoms with van der Waals surface area (Å²) in [6.07, 6.45) is 0. The van der Waals surface area contributed by atoms with Crippen molar-refractivity contribution in [3.05, 3.63) is 23.9 Å². The van der Waals surface area contributed by atoms with Crippen LogP contribution in [0, 0.1) is 0 Å². The minimum absolute atomic E-state index is 0.508. The van der Waals surface area contributed by atoms with Crippen LogP contribution < -0.4 is 11.1 Å². The Labute approximate surface area is 107 Å². The molecule has 0 bridgehead atoms. The minimum Gasteiger partial charge on any atom is -0.351 e. The summed E-state index contributed by atoms with van der Waals surface area (Å²) in [6, 6.07) is 4.99. The number of nitrogens with one attached hydrogen (secondary N) is 1. The van der Waals surface area contributed by atoms with E-state index in [0.717, 1.165) is 38.4 Å². The third-order valence-corrected chi connectivity index (χ3v) is 3.04. The normalized spacial score (nSPS) is 17.6. The van der Waals surface area contributed by atoms with Gasteiger partial charge in [-0.2, -0.15) is 0 Å². The number of pyridine rings is 1. The van der Waals surface area contributed by atoms with Crippen molar-refractivity contribution in [1.82, 2.24) is 14.8 Å². The molecule has 0 spiro atoms. The first-order valence-electron chi connectivity index (χ1n) is 6.07. The van der Waals surface area contributed by atoms with E-state index in [-0.39, 0.29) is 0 Å². The molecule has 6 nitrogen and oxygen atoms in total. The predicted octanol–water partition coefficient (Wildman–Crippen LogP) is 0.320. The Morgan fingerprint density at radius 1 is 1.39 bits per heavy atom. The number of anilines is 1. The third-order valence-electron chi connectivity index (χ3n) is 3.04. The van der Waals surface area contributed by atoms with E-state index in [0.29, 0.717) is 5.82 Å². The van der Waals surface area contributed by atoms with E-state index in [2.05, 4.69) is 27.1 Å². The zero-order valence-corrected chi connectivity index (χ0v) is 10.6. The Balaban J connectivity index is 1.94. The largest absolute Gasteiger partial charge is 0.351 e. The molecule has 0 unspecified atom stereocenters. The highest BCUT2D eigenvalue weighted by atomic mass is 16.2. The first kappa shape index (κ1) is 12.8. The average molecular weight is 249 g/mol. The Morgan fingerprint density at radius 2 is 2.11 bits per heavy atom.